The Bertz CT molecular complexity index is 368. The van der Waals surface area contributed by atoms with Crippen molar-refractivity contribution in [1.29, 1.82) is 0 Å². The Kier molecular flexibility index (Phi) is 5.35. The van der Waals surface area contributed by atoms with Crippen molar-refractivity contribution >= 4 is 0 Å². The fourth-order valence-electron chi connectivity index (χ4n) is 4.02. The Morgan fingerprint density at radius 2 is 2.00 bits per heavy atom. The van der Waals surface area contributed by atoms with Crippen LogP contribution in [-0.2, 0) is 0 Å². The van der Waals surface area contributed by atoms with Crippen LogP contribution < -0.4 is 21.4 Å². The molecule has 0 aromatic heterocycles. The highest BCUT2D eigenvalue weighted by Crippen LogP contribution is 2.28. The average molecular weight is 313 g/mol. The summed E-state index contributed by atoms with van der Waals surface area (Å²) in [7, 11) is 0. The highest BCUT2D eigenvalue weighted by molar-refractivity contribution is 4.92. The molecule has 5 nitrogen and oxygen atoms in total. The number of nitrogens with zero attached hydrogens (tertiary/aromatic N) is 1. The second-order valence-corrected chi connectivity index (χ2v) is 7.44. The minimum Gasteiger partial charge on any atom is -0.298 e. The number of hydrogen-bond donors (Lipinski definition) is 4. The van der Waals surface area contributed by atoms with Crippen LogP contribution in [0.5, 0.6) is 0 Å². The molecule has 3 rings (SSSR count). The lowest BCUT2D eigenvalue weighted by Gasteiger charge is -2.43. The van der Waals surface area contributed by atoms with Crippen molar-refractivity contribution in [2.45, 2.75) is 96.2 Å². The molecule has 22 heavy (non-hydrogen) atoms. The number of rotatable bonds is 4. The molecule has 6 heteroatoms. The van der Waals surface area contributed by atoms with Gasteiger partial charge in [-0.1, -0.05) is 20.3 Å². The molecule has 7 unspecified atom stereocenters. The molecule has 1 aliphatic carbocycles. The fourth-order valence-corrected chi connectivity index (χ4v) is 4.02. The fraction of sp³-hybridized carbons (Fsp3) is 1.00. The second-order valence-electron chi connectivity index (χ2n) is 7.44. The van der Waals surface area contributed by atoms with Gasteiger partial charge < -0.3 is 0 Å². The molecule has 4 N–H and O–H groups in total. The lowest BCUT2D eigenvalue weighted by molar-refractivity contribution is 0.00459. The van der Waals surface area contributed by atoms with Gasteiger partial charge in [0.25, 0.3) is 0 Å². The third kappa shape index (κ3) is 3.62. The van der Waals surface area contributed by atoms with E-state index in [1.165, 1.54) is 0 Å². The van der Waals surface area contributed by atoms with Gasteiger partial charge in [-0.15, -0.1) is 0 Å². The number of fused-ring (bicyclic) bond motifs is 1. The van der Waals surface area contributed by atoms with E-state index in [4.69, 9.17) is 0 Å². The van der Waals surface area contributed by atoms with Crippen LogP contribution in [0.1, 0.15) is 59.3 Å². The largest absolute Gasteiger partial charge is 0.298 e. The first kappa shape index (κ1) is 16.6. The third-order valence-corrected chi connectivity index (χ3v) is 5.40. The van der Waals surface area contributed by atoms with Crippen molar-refractivity contribution in [1.82, 2.24) is 26.4 Å². The Hall–Kier alpha value is -0.270. The summed E-state index contributed by atoms with van der Waals surface area (Å²) in [6.07, 6.45) is 6.15. The molecule has 0 aromatic rings. The molecule has 128 valence electrons. The van der Waals surface area contributed by atoms with Crippen LogP contribution in [0.15, 0.2) is 0 Å². The van der Waals surface area contributed by atoms with Crippen LogP contribution in [-0.4, -0.2) is 41.9 Å². The van der Waals surface area contributed by atoms with Gasteiger partial charge in [0.15, 0.2) is 0 Å². The van der Waals surface area contributed by atoms with Crippen LogP contribution in [0.4, 0.5) is 4.39 Å². The minimum atomic E-state index is -0.654. The highest BCUT2D eigenvalue weighted by Gasteiger charge is 2.41. The molecule has 2 saturated heterocycles. The van der Waals surface area contributed by atoms with Crippen LogP contribution in [0.25, 0.3) is 0 Å². The van der Waals surface area contributed by atoms with E-state index >= 15 is 0 Å². The topological polar surface area (TPSA) is 51.4 Å². The predicted octanol–water partition coefficient (Wildman–Crippen LogP) is 1.63. The Balaban J connectivity index is 1.59. The molecule has 3 fully saturated rings. The van der Waals surface area contributed by atoms with Crippen LogP contribution in [0.2, 0.25) is 0 Å². The van der Waals surface area contributed by atoms with Gasteiger partial charge in [-0.2, -0.15) is 5.01 Å². The molecule has 7 atom stereocenters. The standard InChI is InChI=1S/C16H32FN5/c1-4-5-14-20-16-18-11(3)8-15(22(16)21-14)19-12-7-6-10(2)13(17)9-12/h10-16,18-21H,4-9H2,1-3H3. The summed E-state index contributed by atoms with van der Waals surface area (Å²) >= 11 is 0. The first-order chi connectivity index (χ1) is 10.6. The van der Waals surface area contributed by atoms with Gasteiger partial charge in [-0.25, -0.2) is 9.82 Å². The maximum absolute atomic E-state index is 14.0. The zero-order valence-corrected chi connectivity index (χ0v) is 14.1. The smallest absolute Gasteiger partial charge is 0.130 e. The summed E-state index contributed by atoms with van der Waals surface area (Å²) in [6.45, 7) is 6.46. The van der Waals surface area contributed by atoms with Gasteiger partial charge in [-0.3, -0.25) is 16.0 Å². The second kappa shape index (κ2) is 7.09. The normalized spacial score (nSPS) is 46.6. The summed E-state index contributed by atoms with van der Waals surface area (Å²) in [4.78, 5) is 0. The molecule has 0 radical (unpaired) electrons. The predicted molar refractivity (Wildman–Crippen MR) is 86.4 cm³/mol. The average Bonchev–Trinajstić information content (AvgIpc) is 2.86. The number of alkyl halides is 1. The van der Waals surface area contributed by atoms with Gasteiger partial charge in [0.2, 0.25) is 0 Å². The lowest BCUT2D eigenvalue weighted by Crippen LogP contribution is -2.67. The van der Waals surface area contributed by atoms with Crippen LogP contribution >= 0.6 is 0 Å². The van der Waals surface area contributed by atoms with E-state index in [0.29, 0.717) is 24.7 Å². The van der Waals surface area contributed by atoms with E-state index in [-0.39, 0.29) is 18.4 Å². The van der Waals surface area contributed by atoms with Crippen molar-refractivity contribution in [3.8, 4) is 0 Å². The van der Waals surface area contributed by atoms with Crippen LogP contribution in [0.3, 0.4) is 0 Å². The summed E-state index contributed by atoms with van der Waals surface area (Å²) in [5.41, 5.74) is 3.58. The van der Waals surface area contributed by atoms with Gasteiger partial charge in [0, 0.05) is 12.1 Å². The van der Waals surface area contributed by atoms with E-state index in [2.05, 4.69) is 40.2 Å². The molecule has 0 bridgehead atoms. The van der Waals surface area contributed by atoms with Crippen molar-refractivity contribution in [3.63, 3.8) is 0 Å². The maximum Gasteiger partial charge on any atom is 0.130 e. The van der Waals surface area contributed by atoms with E-state index < -0.39 is 6.17 Å². The Morgan fingerprint density at radius 1 is 1.18 bits per heavy atom. The summed E-state index contributed by atoms with van der Waals surface area (Å²) in [5.74, 6) is 0.221. The number of nitrogens with one attached hydrogen (secondary N) is 4. The third-order valence-electron chi connectivity index (χ3n) is 5.40. The van der Waals surface area contributed by atoms with Crippen molar-refractivity contribution < 1.29 is 4.39 Å². The summed E-state index contributed by atoms with van der Waals surface area (Å²) in [6, 6.07) is 0.756. The zero-order chi connectivity index (χ0) is 15.7. The lowest BCUT2D eigenvalue weighted by atomic mass is 9.85. The molecule has 0 amide bonds. The van der Waals surface area contributed by atoms with Gasteiger partial charge in [0.05, 0.1) is 12.3 Å². The van der Waals surface area contributed by atoms with E-state index in [9.17, 15) is 4.39 Å². The monoisotopic (exact) mass is 313 g/mol. The molecule has 0 aromatic carbocycles. The number of hydrazine groups is 1. The van der Waals surface area contributed by atoms with E-state index in [0.717, 1.165) is 32.1 Å². The summed E-state index contributed by atoms with van der Waals surface area (Å²) < 4.78 is 14.0. The first-order valence-electron chi connectivity index (χ1n) is 9.03. The Morgan fingerprint density at radius 3 is 2.73 bits per heavy atom. The minimum absolute atomic E-state index is 0.168. The molecule has 3 aliphatic rings. The van der Waals surface area contributed by atoms with E-state index in [1.54, 1.807) is 0 Å². The van der Waals surface area contributed by atoms with Gasteiger partial charge >= 0.3 is 0 Å². The molecule has 2 aliphatic heterocycles. The molecule has 0 spiro atoms. The molecular formula is C16H32FN5. The zero-order valence-electron chi connectivity index (χ0n) is 14.1. The summed E-state index contributed by atoms with van der Waals surface area (Å²) in [5, 5.41) is 13.2. The SMILES string of the molecule is CCCC1NC2NC(C)CC(NC3CCC(C)C(F)C3)N2N1. The quantitative estimate of drug-likeness (QED) is 0.636. The Labute approximate surface area is 133 Å². The molecule has 1 saturated carbocycles. The first-order valence-corrected chi connectivity index (χ1v) is 9.03. The maximum atomic E-state index is 14.0. The van der Waals surface area contributed by atoms with Crippen molar-refractivity contribution in [2.75, 3.05) is 0 Å². The number of halogens is 1. The molecular weight excluding hydrogens is 281 g/mol. The van der Waals surface area contributed by atoms with Gasteiger partial charge in [0.1, 0.15) is 12.5 Å². The van der Waals surface area contributed by atoms with Crippen molar-refractivity contribution in [3.05, 3.63) is 0 Å². The van der Waals surface area contributed by atoms with Crippen molar-refractivity contribution in [2.24, 2.45) is 5.92 Å². The highest BCUT2D eigenvalue weighted by atomic mass is 19.1. The van der Waals surface area contributed by atoms with Gasteiger partial charge in [-0.05, 0) is 44.9 Å². The van der Waals surface area contributed by atoms with Crippen LogP contribution in [0, 0.1) is 5.92 Å². The molecule has 2 heterocycles. The number of hydrogen-bond acceptors (Lipinski definition) is 5. The van der Waals surface area contributed by atoms with E-state index in [1.807, 2.05) is 6.92 Å².